The van der Waals surface area contributed by atoms with Crippen molar-refractivity contribution in [1.82, 2.24) is 4.90 Å². The van der Waals surface area contributed by atoms with E-state index in [0.717, 1.165) is 193 Å². The number of piperidine rings is 1. The monoisotopic (exact) mass is 768 g/mol. The summed E-state index contributed by atoms with van der Waals surface area (Å²) in [4.78, 5) is 40.1. The highest BCUT2D eigenvalue weighted by molar-refractivity contribution is 8.00. The van der Waals surface area contributed by atoms with Gasteiger partial charge in [-0.25, -0.2) is 0 Å². The molecular weight excluding hydrogens is 683 g/mol. The number of nitrogens with zero attached hydrogens (tertiary/aromatic N) is 1. The SMILES string of the molecule is CCCCC(CCCC)OC(=O)CCCCCCCCC(CCCCCCCCC(=O)OC(CCCC)CCCC)OC(=O)CSC1CCN(C)CC1. The lowest BCUT2D eigenvalue weighted by Gasteiger charge is -2.28. The van der Waals surface area contributed by atoms with E-state index in [1.165, 1.54) is 0 Å². The second-order valence-corrected chi connectivity index (χ2v) is 17.3. The minimum absolute atomic E-state index is 0.00635. The van der Waals surface area contributed by atoms with Crippen molar-refractivity contribution in [2.24, 2.45) is 0 Å². The molecule has 0 bridgehead atoms. The predicted octanol–water partition coefficient (Wildman–Crippen LogP) is 12.6. The number of ether oxygens (including phenoxy) is 3. The molecule has 0 aromatic heterocycles. The van der Waals surface area contributed by atoms with Crippen molar-refractivity contribution >= 4 is 29.7 Å². The molecule has 1 aliphatic rings. The Hall–Kier alpha value is -1.28. The van der Waals surface area contributed by atoms with Crippen molar-refractivity contribution in [2.75, 3.05) is 25.9 Å². The molecule has 53 heavy (non-hydrogen) atoms. The molecule has 0 aliphatic carbocycles. The molecule has 0 aromatic rings. The molecule has 1 aliphatic heterocycles. The third-order valence-corrected chi connectivity index (χ3v) is 12.2. The van der Waals surface area contributed by atoms with Gasteiger partial charge in [0.05, 0.1) is 5.75 Å². The summed E-state index contributed by atoms with van der Waals surface area (Å²) in [5.41, 5.74) is 0. The highest BCUT2D eigenvalue weighted by atomic mass is 32.2. The van der Waals surface area contributed by atoms with Crippen LogP contribution in [0.3, 0.4) is 0 Å². The lowest BCUT2D eigenvalue weighted by Crippen LogP contribution is -2.32. The lowest BCUT2D eigenvalue weighted by molar-refractivity contribution is -0.151. The molecule has 0 amide bonds. The number of rotatable bonds is 36. The van der Waals surface area contributed by atoms with E-state index in [2.05, 4.69) is 39.6 Å². The average Bonchev–Trinajstić information content (AvgIpc) is 3.15. The quantitative estimate of drug-likeness (QED) is 0.0354. The van der Waals surface area contributed by atoms with Gasteiger partial charge in [0, 0.05) is 18.1 Å². The number of hydrogen-bond acceptors (Lipinski definition) is 8. The van der Waals surface area contributed by atoms with E-state index in [-0.39, 0.29) is 36.2 Å². The highest BCUT2D eigenvalue weighted by Gasteiger charge is 2.21. The van der Waals surface area contributed by atoms with Gasteiger partial charge in [-0.2, -0.15) is 0 Å². The number of hydrogen-bond donors (Lipinski definition) is 0. The Morgan fingerprint density at radius 1 is 0.491 bits per heavy atom. The summed E-state index contributed by atoms with van der Waals surface area (Å²) in [7, 11) is 2.17. The number of likely N-dealkylation sites (tertiary alicyclic amines) is 1. The minimum atomic E-state index is -0.0454. The number of carbonyl (C=O) groups is 3. The summed E-state index contributed by atoms with van der Waals surface area (Å²) >= 11 is 1.78. The first-order valence-corrected chi connectivity index (χ1v) is 23.7. The average molecular weight is 768 g/mol. The van der Waals surface area contributed by atoms with Crippen LogP contribution in [0.5, 0.6) is 0 Å². The van der Waals surface area contributed by atoms with Gasteiger partial charge in [0.15, 0.2) is 0 Å². The molecule has 0 aromatic carbocycles. The maximum atomic E-state index is 12.9. The number of unbranched alkanes of at least 4 members (excludes halogenated alkanes) is 14. The predicted molar refractivity (Wildman–Crippen MR) is 225 cm³/mol. The summed E-state index contributed by atoms with van der Waals surface area (Å²) in [6.07, 6.45) is 31.4. The van der Waals surface area contributed by atoms with Crippen LogP contribution in [0, 0.1) is 0 Å². The summed E-state index contributed by atoms with van der Waals surface area (Å²) < 4.78 is 17.7. The minimum Gasteiger partial charge on any atom is -0.462 e. The molecule has 0 spiro atoms. The Morgan fingerprint density at radius 2 is 0.811 bits per heavy atom. The molecule has 8 heteroatoms. The van der Waals surface area contributed by atoms with Crippen LogP contribution in [-0.2, 0) is 28.6 Å². The Balaban J connectivity index is 2.33. The second-order valence-electron chi connectivity index (χ2n) is 16.0. The van der Waals surface area contributed by atoms with E-state index in [0.29, 0.717) is 23.8 Å². The van der Waals surface area contributed by atoms with Crippen molar-refractivity contribution in [3.63, 3.8) is 0 Å². The third kappa shape index (κ3) is 29.7. The zero-order valence-electron chi connectivity index (χ0n) is 35.4. The Labute approximate surface area is 331 Å². The molecule has 312 valence electrons. The number of carbonyl (C=O) groups excluding carboxylic acids is 3. The maximum Gasteiger partial charge on any atom is 0.316 e. The normalized spacial score (nSPS) is 14.0. The fraction of sp³-hybridized carbons (Fsp3) is 0.933. The largest absolute Gasteiger partial charge is 0.462 e. The Kier molecular flexibility index (Phi) is 33.0. The van der Waals surface area contributed by atoms with Gasteiger partial charge in [0.1, 0.15) is 18.3 Å². The van der Waals surface area contributed by atoms with Gasteiger partial charge in [-0.05, 0) is 97.2 Å². The molecule has 0 saturated carbocycles. The van der Waals surface area contributed by atoms with Gasteiger partial charge in [-0.3, -0.25) is 14.4 Å². The highest BCUT2D eigenvalue weighted by Crippen LogP contribution is 2.24. The molecule has 0 atom stereocenters. The van der Waals surface area contributed by atoms with Crippen molar-refractivity contribution in [3.8, 4) is 0 Å². The molecular formula is C45H85NO6S. The first-order valence-electron chi connectivity index (χ1n) is 22.7. The first kappa shape index (κ1) is 49.7. The van der Waals surface area contributed by atoms with Gasteiger partial charge in [-0.1, -0.05) is 130 Å². The first-order chi connectivity index (χ1) is 25.8. The zero-order chi connectivity index (χ0) is 38.8. The lowest BCUT2D eigenvalue weighted by atomic mass is 10.0. The van der Waals surface area contributed by atoms with E-state index in [1.54, 1.807) is 11.8 Å². The van der Waals surface area contributed by atoms with Crippen LogP contribution in [0.2, 0.25) is 0 Å². The van der Waals surface area contributed by atoms with Crippen molar-refractivity contribution in [3.05, 3.63) is 0 Å². The van der Waals surface area contributed by atoms with Gasteiger partial charge in [0.25, 0.3) is 0 Å². The van der Waals surface area contributed by atoms with Crippen molar-refractivity contribution in [1.29, 1.82) is 0 Å². The molecule has 7 nitrogen and oxygen atoms in total. The zero-order valence-corrected chi connectivity index (χ0v) is 36.3. The van der Waals surface area contributed by atoms with E-state index in [9.17, 15) is 14.4 Å². The Bertz CT molecular complexity index is 813. The molecule has 1 fully saturated rings. The fourth-order valence-electron chi connectivity index (χ4n) is 7.26. The number of esters is 3. The van der Waals surface area contributed by atoms with Crippen LogP contribution < -0.4 is 0 Å². The van der Waals surface area contributed by atoms with E-state index in [4.69, 9.17) is 14.2 Å². The molecule has 1 saturated heterocycles. The second kappa shape index (κ2) is 35.2. The van der Waals surface area contributed by atoms with Gasteiger partial charge < -0.3 is 19.1 Å². The standard InChI is InChI=1S/C45H85NO6S/c1-6-10-26-39(27-11-7-2)50-43(47)32-24-20-16-14-18-22-30-41(52-45(49)38-53-42-34-36-46(5)37-35-42)31-23-19-15-17-21-25-33-44(48)51-40(28-12-8-3)29-13-9-4/h39-42H,6-38H2,1-5H3. The fourth-order valence-corrected chi connectivity index (χ4v) is 8.24. The molecule has 0 unspecified atom stereocenters. The van der Waals surface area contributed by atoms with Crippen LogP contribution in [-0.4, -0.2) is 72.3 Å². The summed E-state index contributed by atoms with van der Waals surface area (Å²) in [6, 6.07) is 0. The van der Waals surface area contributed by atoms with E-state index < -0.39 is 0 Å². The van der Waals surface area contributed by atoms with Crippen LogP contribution >= 0.6 is 11.8 Å². The summed E-state index contributed by atoms with van der Waals surface area (Å²) in [5, 5.41) is 0.563. The summed E-state index contributed by atoms with van der Waals surface area (Å²) in [5.74, 6) is 0.381. The molecule has 0 N–H and O–H groups in total. The van der Waals surface area contributed by atoms with Gasteiger partial charge in [-0.15, -0.1) is 11.8 Å². The van der Waals surface area contributed by atoms with E-state index in [1.807, 2.05) is 0 Å². The van der Waals surface area contributed by atoms with Crippen LogP contribution in [0.1, 0.15) is 220 Å². The third-order valence-electron chi connectivity index (χ3n) is 10.8. The Morgan fingerprint density at radius 3 is 1.19 bits per heavy atom. The van der Waals surface area contributed by atoms with Gasteiger partial charge >= 0.3 is 17.9 Å². The van der Waals surface area contributed by atoms with Crippen LogP contribution in [0.15, 0.2) is 0 Å². The van der Waals surface area contributed by atoms with Crippen LogP contribution in [0.25, 0.3) is 0 Å². The van der Waals surface area contributed by atoms with E-state index >= 15 is 0 Å². The smallest absolute Gasteiger partial charge is 0.316 e. The van der Waals surface area contributed by atoms with Crippen LogP contribution in [0.4, 0.5) is 0 Å². The van der Waals surface area contributed by atoms with Crippen molar-refractivity contribution in [2.45, 2.75) is 244 Å². The number of thioether (sulfide) groups is 1. The van der Waals surface area contributed by atoms with Gasteiger partial charge in [0.2, 0.25) is 0 Å². The molecule has 1 heterocycles. The molecule has 0 radical (unpaired) electrons. The summed E-state index contributed by atoms with van der Waals surface area (Å²) in [6.45, 7) is 11.0. The maximum absolute atomic E-state index is 12.9. The topological polar surface area (TPSA) is 82.1 Å². The van der Waals surface area contributed by atoms with Crippen molar-refractivity contribution < 1.29 is 28.6 Å². The molecule has 1 rings (SSSR count).